The summed E-state index contributed by atoms with van der Waals surface area (Å²) in [5.74, 6) is 0.608. The maximum atomic E-state index is 14.1. The molecular weight excluding hydrogens is 265 g/mol. The van der Waals surface area contributed by atoms with Crippen LogP contribution in [0.1, 0.15) is 25.8 Å². The van der Waals surface area contributed by atoms with Crippen LogP contribution < -0.4 is 10.2 Å². The molecule has 1 aliphatic heterocycles. The molecule has 0 radical (unpaired) electrons. The summed E-state index contributed by atoms with van der Waals surface area (Å²) in [6, 6.07) is 5.49. The van der Waals surface area contributed by atoms with Crippen LogP contribution in [-0.2, 0) is 6.54 Å². The lowest BCUT2D eigenvalue weighted by atomic mass is 10.1. The standard InChI is InChI=1S/C17H28FN3/c1-14(2)6-7-19-13-15-4-5-16(18)17(12-15)21-10-8-20(3)9-11-21/h4-5,12,14,19H,6-11,13H2,1-3H3. The molecule has 4 heteroatoms. The molecule has 3 nitrogen and oxygen atoms in total. The van der Waals surface area contributed by atoms with Gasteiger partial charge in [0.25, 0.3) is 0 Å². The molecule has 0 amide bonds. The van der Waals surface area contributed by atoms with Crippen LogP contribution in [0, 0.1) is 11.7 Å². The molecule has 0 unspecified atom stereocenters. The van der Waals surface area contributed by atoms with Gasteiger partial charge in [-0.15, -0.1) is 0 Å². The fraction of sp³-hybridized carbons (Fsp3) is 0.647. The van der Waals surface area contributed by atoms with Gasteiger partial charge in [0.15, 0.2) is 0 Å². The molecular formula is C17H28FN3. The second-order valence-corrected chi connectivity index (χ2v) is 6.44. The van der Waals surface area contributed by atoms with Crippen molar-refractivity contribution in [2.75, 3.05) is 44.7 Å². The van der Waals surface area contributed by atoms with Crippen molar-refractivity contribution < 1.29 is 4.39 Å². The van der Waals surface area contributed by atoms with Crippen molar-refractivity contribution in [3.05, 3.63) is 29.6 Å². The van der Waals surface area contributed by atoms with E-state index in [1.807, 2.05) is 12.1 Å². The van der Waals surface area contributed by atoms with Crippen LogP contribution in [0.2, 0.25) is 0 Å². The Morgan fingerprint density at radius 2 is 1.90 bits per heavy atom. The zero-order valence-corrected chi connectivity index (χ0v) is 13.5. The molecule has 1 aromatic rings. The van der Waals surface area contributed by atoms with Crippen molar-refractivity contribution in [1.82, 2.24) is 10.2 Å². The maximum Gasteiger partial charge on any atom is 0.146 e. The zero-order valence-electron chi connectivity index (χ0n) is 13.5. The lowest BCUT2D eigenvalue weighted by Gasteiger charge is -2.34. The Morgan fingerprint density at radius 3 is 2.57 bits per heavy atom. The van der Waals surface area contributed by atoms with Gasteiger partial charge in [0, 0.05) is 32.7 Å². The Hall–Kier alpha value is -1.13. The first-order chi connectivity index (χ1) is 10.1. The number of nitrogens with zero attached hydrogens (tertiary/aromatic N) is 2. The van der Waals surface area contributed by atoms with Gasteiger partial charge < -0.3 is 15.1 Å². The molecule has 118 valence electrons. The van der Waals surface area contributed by atoms with Crippen LogP contribution in [0.25, 0.3) is 0 Å². The first-order valence-electron chi connectivity index (χ1n) is 7.99. The summed E-state index contributed by atoms with van der Waals surface area (Å²) in [5, 5.41) is 3.44. The first-order valence-corrected chi connectivity index (χ1v) is 7.99. The van der Waals surface area contributed by atoms with Crippen molar-refractivity contribution in [3.63, 3.8) is 0 Å². The van der Waals surface area contributed by atoms with Crippen molar-refractivity contribution >= 4 is 5.69 Å². The monoisotopic (exact) mass is 293 g/mol. The van der Waals surface area contributed by atoms with E-state index in [2.05, 4.69) is 36.0 Å². The normalized spacial score (nSPS) is 16.7. The van der Waals surface area contributed by atoms with E-state index in [9.17, 15) is 4.39 Å². The SMILES string of the molecule is CC(C)CCNCc1ccc(F)c(N2CCN(C)CC2)c1. The summed E-state index contributed by atoms with van der Waals surface area (Å²) in [5.41, 5.74) is 1.92. The first kappa shape index (κ1) is 16.2. The number of hydrogen-bond acceptors (Lipinski definition) is 3. The van der Waals surface area contributed by atoms with Gasteiger partial charge in [-0.2, -0.15) is 0 Å². The largest absolute Gasteiger partial charge is 0.367 e. The van der Waals surface area contributed by atoms with E-state index in [1.165, 1.54) is 6.42 Å². The van der Waals surface area contributed by atoms with E-state index in [0.717, 1.165) is 50.5 Å². The summed E-state index contributed by atoms with van der Waals surface area (Å²) in [6.45, 7) is 10.1. The number of piperazine rings is 1. The van der Waals surface area contributed by atoms with Crippen LogP contribution in [0.5, 0.6) is 0 Å². The number of hydrogen-bond donors (Lipinski definition) is 1. The Bertz CT molecular complexity index is 440. The lowest BCUT2D eigenvalue weighted by molar-refractivity contribution is 0.311. The highest BCUT2D eigenvalue weighted by atomic mass is 19.1. The smallest absolute Gasteiger partial charge is 0.146 e. The summed E-state index contributed by atoms with van der Waals surface area (Å²) >= 11 is 0. The molecule has 0 saturated carbocycles. The minimum absolute atomic E-state index is 0.106. The molecule has 1 aliphatic rings. The van der Waals surface area contributed by atoms with Crippen LogP contribution in [0.15, 0.2) is 18.2 Å². The summed E-state index contributed by atoms with van der Waals surface area (Å²) in [6.07, 6.45) is 1.17. The second-order valence-electron chi connectivity index (χ2n) is 6.44. The third kappa shape index (κ3) is 4.97. The van der Waals surface area contributed by atoms with Gasteiger partial charge in [-0.1, -0.05) is 19.9 Å². The number of benzene rings is 1. The van der Waals surface area contributed by atoms with Gasteiger partial charge in [-0.05, 0) is 43.6 Å². The topological polar surface area (TPSA) is 18.5 Å². The molecule has 0 aliphatic carbocycles. The summed E-state index contributed by atoms with van der Waals surface area (Å²) in [4.78, 5) is 4.44. The van der Waals surface area contributed by atoms with Crippen LogP contribution in [0.3, 0.4) is 0 Å². The maximum absolute atomic E-state index is 14.1. The predicted octanol–water partition coefficient (Wildman–Crippen LogP) is 2.71. The molecule has 0 bridgehead atoms. The summed E-state index contributed by atoms with van der Waals surface area (Å²) < 4.78 is 14.1. The summed E-state index contributed by atoms with van der Waals surface area (Å²) in [7, 11) is 2.11. The van der Waals surface area contributed by atoms with Gasteiger partial charge in [-0.3, -0.25) is 0 Å². The van der Waals surface area contributed by atoms with E-state index in [-0.39, 0.29) is 5.82 Å². The number of halogens is 1. The highest BCUT2D eigenvalue weighted by molar-refractivity contribution is 5.50. The molecule has 1 aromatic carbocycles. The zero-order chi connectivity index (χ0) is 15.2. The third-order valence-corrected chi connectivity index (χ3v) is 4.08. The number of anilines is 1. The number of likely N-dealkylation sites (N-methyl/N-ethyl adjacent to an activating group) is 1. The van der Waals surface area contributed by atoms with Crippen molar-refractivity contribution in [3.8, 4) is 0 Å². The molecule has 1 N–H and O–H groups in total. The number of nitrogens with one attached hydrogen (secondary N) is 1. The fourth-order valence-electron chi connectivity index (χ4n) is 2.58. The minimum atomic E-state index is -0.106. The average molecular weight is 293 g/mol. The van der Waals surface area contributed by atoms with Crippen molar-refractivity contribution in [2.24, 2.45) is 5.92 Å². The molecule has 0 spiro atoms. The lowest BCUT2D eigenvalue weighted by Crippen LogP contribution is -2.44. The van der Waals surface area contributed by atoms with Crippen molar-refractivity contribution in [2.45, 2.75) is 26.8 Å². The van der Waals surface area contributed by atoms with E-state index in [1.54, 1.807) is 6.07 Å². The van der Waals surface area contributed by atoms with Gasteiger partial charge in [0.05, 0.1) is 5.69 Å². The Balaban J connectivity index is 1.93. The molecule has 0 atom stereocenters. The molecule has 0 aromatic heterocycles. The molecule has 1 fully saturated rings. The molecule has 1 saturated heterocycles. The van der Waals surface area contributed by atoms with Crippen molar-refractivity contribution in [1.29, 1.82) is 0 Å². The Labute approximate surface area is 128 Å². The third-order valence-electron chi connectivity index (χ3n) is 4.08. The quantitative estimate of drug-likeness (QED) is 0.814. The van der Waals surface area contributed by atoms with Crippen LogP contribution >= 0.6 is 0 Å². The molecule has 21 heavy (non-hydrogen) atoms. The highest BCUT2D eigenvalue weighted by Gasteiger charge is 2.17. The Morgan fingerprint density at radius 1 is 1.19 bits per heavy atom. The second kappa shape index (κ2) is 7.76. The van der Waals surface area contributed by atoms with Gasteiger partial charge >= 0.3 is 0 Å². The average Bonchev–Trinajstić information content (AvgIpc) is 2.46. The fourth-order valence-corrected chi connectivity index (χ4v) is 2.58. The molecule has 2 rings (SSSR count). The van der Waals surface area contributed by atoms with E-state index >= 15 is 0 Å². The Kier molecular flexibility index (Phi) is 6.00. The van der Waals surface area contributed by atoms with E-state index < -0.39 is 0 Å². The van der Waals surface area contributed by atoms with Gasteiger partial charge in [0.1, 0.15) is 5.82 Å². The van der Waals surface area contributed by atoms with E-state index in [0.29, 0.717) is 5.92 Å². The van der Waals surface area contributed by atoms with Gasteiger partial charge in [-0.25, -0.2) is 4.39 Å². The van der Waals surface area contributed by atoms with Gasteiger partial charge in [0.2, 0.25) is 0 Å². The highest BCUT2D eigenvalue weighted by Crippen LogP contribution is 2.22. The van der Waals surface area contributed by atoms with E-state index in [4.69, 9.17) is 0 Å². The minimum Gasteiger partial charge on any atom is -0.367 e. The number of rotatable bonds is 6. The van der Waals surface area contributed by atoms with Crippen LogP contribution in [-0.4, -0.2) is 44.7 Å². The van der Waals surface area contributed by atoms with Crippen LogP contribution in [0.4, 0.5) is 10.1 Å². The molecule has 1 heterocycles. The predicted molar refractivity (Wildman–Crippen MR) is 87.3 cm³/mol.